The zero-order valence-corrected chi connectivity index (χ0v) is 16.6. The number of unbranched alkanes of at least 4 members (excludes halogenated alkanes) is 1. The first-order chi connectivity index (χ1) is 13.8. The van der Waals surface area contributed by atoms with Crippen LogP contribution in [0, 0.1) is 6.92 Å². The highest BCUT2D eigenvalue weighted by atomic mass is 16.5. The third kappa shape index (κ3) is 4.14. The van der Waals surface area contributed by atoms with Gasteiger partial charge in [-0.2, -0.15) is 5.10 Å². The number of aromatic nitrogens is 2. The van der Waals surface area contributed by atoms with Crippen molar-refractivity contribution in [2.45, 2.75) is 32.7 Å². The Balaban J connectivity index is 2.01. The van der Waals surface area contributed by atoms with E-state index in [1.165, 1.54) is 4.90 Å². The minimum atomic E-state index is -0.655. The number of urea groups is 1. The highest BCUT2D eigenvalue weighted by Crippen LogP contribution is 2.26. The second-order valence-electron chi connectivity index (χ2n) is 7.09. The van der Waals surface area contributed by atoms with Crippen LogP contribution in [-0.2, 0) is 17.7 Å². The molecule has 3 rings (SSSR count). The number of carbonyl (C=O) groups excluding carboxylic acids is 3. The van der Waals surface area contributed by atoms with Gasteiger partial charge in [-0.25, -0.2) is 9.48 Å². The van der Waals surface area contributed by atoms with Crippen molar-refractivity contribution >= 4 is 17.7 Å². The Labute approximate surface area is 168 Å². The lowest BCUT2D eigenvalue weighted by Gasteiger charge is -2.25. The number of fused-ring (bicyclic) bond motifs is 1. The Hall–Kier alpha value is -3.20. The van der Waals surface area contributed by atoms with Crippen molar-refractivity contribution in [3.05, 3.63) is 46.3 Å². The third-order valence-electron chi connectivity index (χ3n) is 5.07. The van der Waals surface area contributed by atoms with Crippen LogP contribution in [0.2, 0.25) is 0 Å². The molecule has 0 saturated carbocycles. The largest absolute Gasteiger partial charge is 0.385 e. The lowest BCUT2D eigenvalue weighted by atomic mass is 10.00. The van der Waals surface area contributed by atoms with E-state index in [1.807, 2.05) is 6.07 Å². The van der Waals surface area contributed by atoms with Crippen LogP contribution in [-0.4, -0.2) is 52.7 Å². The van der Waals surface area contributed by atoms with Gasteiger partial charge in [-0.05, 0) is 49.9 Å². The Morgan fingerprint density at radius 3 is 2.62 bits per heavy atom. The molecule has 0 radical (unpaired) electrons. The van der Waals surface area contributed by atoms with E-state index in [0.717, 1.165) is 18.4 Å². The summed E-state index contributed by atoms with van der Waals surface area (Å²) in [5.74, 6) is -0.686. The van der Waals surface area contributed by atoms with Gasteiger partial charge in [0.05, 0.1) is 35.7 Å². The van der Waals surface area contributed by atoms with Crippen molar-refractivity contribution in [2.75, 3.05) is 20.3 Å². The van der Waals surface area contributed by atoms with Gasteiger partial charge < -0.3 is 21.1 Å². The van der Waals surface area contributed by atoms with E-state index in [9.17, 15) is 14.4 Å². The highest BCUT2D eigenvalue weighted by molar-refractivity contribution is 6.02. The average Bonchev–Trinajstić information content (AvgIpc) is 3.02. The molecule has 29 heavy (non-hydrogen) atoms. The Kier molecular flexibility index (Phi) is 5.97. The van der Waals surface area contributed by atoms with Crippen LogP contribution in [0.25, 0.3) is 5.69 Å². The first-order valence-corrected chi connectivity index (χ1v) is 9.41. The number of hydrogen-bond donors (Lipinski definition) is 2. The van der Waals surface area contributed by atoms with Crippen molar-refractivity contribution in [3.8, 4) is 5.69 Å². The maximum Gasteiger partial charge on any atom is 0.315 e. The van der Waals surface area contributed by atoms with Crippen LogP contribution >= 0.6 is 0 Å². The van der Waals surface area contributed by atoms with Gasteiger partial charge in [0.2, 0.25) is 5.91 Å². The Morgan fingerprint density at radius 2 is 1.97 bits per heavy atom. The monoisotopic (exact) mass is 399 g/mol. The number of nitrogens with zero attached hydrogens (tertiary/aromatic N) is 3. The van der Waals surface area contributed by atoms with Gasteiger partial charge in [0, 0.05) is 19.3 Å². The zero-order valence-electron chi connectivity index (χ0n) is 16.6. The van der Waals surface area contributed by atoms with Gasteiger partial charge in [-0.1, -0.05) is 0 Å². The number of hydrogen-bond acceptors (Lipinski definition) is 5. The number of rotatable bonds is 7. The first kappa shape index (κ1) is 20.5. The SMILES string of the molecule is COCCCCc1cc(-n2nc(C)c3c2CN(C(N)=O)CC3=O)ccc1C(N)=O. The fourth-order valence-electron chi connectivity index (χ4n) is 3.66. The first-order valence-electron chi connectivity index (χ1n) is 9.41. The van der Waals surface area contributed by atoms with E-state index in [1.54, 1.807) is 30.8 Å². The molecule has 154 valence electrons. The standard InChI is InChI=1S/C20H25N5O4/c1-12-18-16(10-24(20(22)28)11-17(18)26)25(23-12)14-6-7-15(19(21)27)13(9-14)5-3-4-8-29-2/h6-7,9H,3-5,8,10-11H2,1-2H3,(H2,21,27)(H2,22,28). The van der Waals surface area contributed by atoms with E-state index >= 15 is 0 Å². The highest BCUT2D eigenvalue weighted by Gasteiger charge is 2.31. The summed E-state index contributed by atoms with van der Waals surface area (Å²) in [7, 11) is 1.65. The lowest BCUT2D eigenvalue weighted by Crippen LogP contribution is -2.42. The topological polar surface area (TPSA) is 134 Å². The van der Waals surface area contributed by atoms with Crippen molar-refractivity contribution in [1.29, 1.82) is 0 Å². The summed E-state index contributed by atoms with van der Waals surface area (Å²) in [6.45, 7) is 2.54. The summed E-state index contributed by atoms with van der Waals surface area (Å²) in [4.78, 5) is 37.2. The maximum atomic E-state index is 12.5. The van der Waals surface area contributed by atoms with Gasteiger partial charge in [0.1, 0.15) is 0 Å². The summed E-state index contributed by atoms with van der Waals surface area (Å²) in [5, 5.41) is 4.51. The summed E-state index contributed by atoms with van der Waals surface area (Å²) < 4.78 is 6.71. The van der Waals surface area contributed by atoms with Crippen molar-refractivity contribution < 1.29 is 19.1 Å². The summed E-state index contributed by atoms with van der Waals surface area (Å²) >= 11 is 0. The quantitative estimate of drug-likeness (QED) is 0.678. The predicted octanol–water partition coefficient (Wildman–Crippen LogP) is 1.33. The van der Waals surface area contributed by atoms with E-state index in [2.05, 4.69) is 5.10 Å². The molecule has 0 fully saturated rings. The van der Waals surface area contributed by atoms with Crippen LogP contribution in [0.3, 0.4) is 0 Å². The molecule has 1 aliphatic heterocycles. The molecule has 9 heteroatoms. The zero-order chi connectivity index (χ0) is 21.1. The minimum absolute atomic E-state index is 0.0553. The average molecular weight is 399 g/mol. The van der Waals surface area contributed by atoms with E-state index in [0.29, 0.717) is 41.2 Å². The molecule has 0 saturated heterocycles. The predicted molar refractivity (Wildman–Crippen MR) is 106 cm³/mol. The van der Waals surface area contributed by atoms with Crippen molar-refractivity contribution in [1.82, 2.24) is 14.7 Å². The number of primary amides is 2. The normalized spacial score (nSPS) is 13.4. The molecule has 9 nitrogen and oxygen atoms in total. The number of ether oxygens (including phenoxy) is 1. The molecule has 1 aliphatic rings. The van der Waals surface area contributed by atoms with E-state index in [-0.39, 0.29) is 18.9 Å². The van der Waals surface area contributed by atoms with Gasteiger partial charge in [-0.15, -0.1) is 0 Å². The second-order valence-corrected chi connectivity index (χ2v) is 7.09. The number of aryl methyl sites for hydroxylation is 2. The fourth-order valence-corrected chi connectivity index (χ4v) is 3.66. The van der Waals surface area contributed by atoms with Gasteiger partial charge in [-0.3, -0.25) is 9.59 Å². The summed E-state index contributed by atoms with van der Waals surface area (Å²) in [6, 6.07) is 4.60. The minimum Gasteiger partial charge on any atom is -0.385 e. The number of amides is 3. The molecular weight excluding hydrogens is 374 g/mol. The smallest absolute Gasteiger partial charge is 0.315 e. The Bertz CT molecular complexity index is 966. The maximum absolute atomic E-state index is 12.5. The number of ketones is 1. The number of methoxy groups -OCH3 is 1. The molecular formula is C20H25N5O4. The summed E-state index contributed by atoms with van der Waals surface area (Å²) in [5.41, 5.74) is 14.6. The molecule has 0 unspecified atom stereocenters. The molecule has 0 spiro atoms. The number of benzene rings is 1. The molecule has 0 atom stereocenters. The number of carbonyl (C=O) groups is 3. The van der Waals surface area contributed by atoms with Gasteiger partial charge >= 0.3 is 6.03 Å². The van der Waals surface area contributed by atoms with E-state index < -0.39 is 11.9 Å². The fraction of sp³-hybridized carbons (Fsp3) is 0.400. The van der Waals surface area contributed by atoms with Gasteiger partial charge in [0.25, 0.3) is 0 Å². The third-order valence-corrected chi connectivity index (χ3v) is 5.07. The van der Waals surface area contributed by atoms with Crippen LogP contribution in [0.1, 0.15) is 50.5 Å². The molecule has 2 heterocycles. The second kappa shape index (κ2) is 8.44. The van der Waals surface area contributed by atoms with Gasteiger partial charge in [0.15, 0.2) is 5.78 Å². The molecule has 1 aromatic heterocycles. The van der Waals surface area contributed by atoms with Crippen LogP contribution in [0.4, 0.5) is 4.79 Å². The Morgan fingerprint density at radius 1 is 1.21 bits per heavy atom. The summed E-state index contributed by atoms with van der Waals surface area (Å²) in [6.07, 6.45) is 2.35. The molecule has 0 aliphatic carbocycles. The van der Waals surface area contributed by atoms with Crippen LogP contribution in [0.15, 0.2) is 18.2 Å². The number of Topliss-reactive ketones (excluding diaryl/α,β-unsaturated/α-hetero) is 1. The van der Waals surface area contributed by atoms with Crippen molar-refractivity contribution in [3.63, 3.8) is 0 Å². The number of nitrogens with two attached hydrogens (primary N) is 2. The molecule has 0 bridgehead atoms. The lowest BCUT2D eigenvalue weighted by molar-refractivity contribution is 0.0920. The molecule has 1 aromatic carbocycles. The van der Waals surface area contributed by atoms with Crippen molar-refractivity contribution in [2.24, 2.45) is 11.5 Å². The molecule has 2 aromatic rings. The van der Waals surface area contributed by atoms with E-state index in [4.69, 9.17) is 16.2 Å². The molecule has 4 N–H and O–H groups in total. The van der Waals surface area contributed by atoms with Crippen LogP contribution < -0.4 is 11.5 Å². The molecule has 3 amide bonds. The van der Waals surface area contributed by atoms with Crippen LogP contribution in [0.5, 0.6) is 0 Å².